The molecule has 0 saturated carbocycles. The first-order valence-corrected chi connectivity index (χ1v) is 6.66. The lowest BCUT2D eigenvalue weighted by Crippen LogP contribution is -2.06. The molecule has 1 heterocycles. The van der Waals surface area contributed by atoms with Gasteiger partial charge in [0.05, 0.1) is 0 Å². The van der Waals surface area contributed by atoms with Gasteiger partial charge in [-0.15, -0.1) is 0 Å². The summed E-state index contributed by atoms with van der Waals surface area (Å²) in [7, 11) is 0. The number of benzene rings is 1. The van der Waals surface area contributed by atoms with Gasteiger partial charge in [-0.25, -0.2) is 4.79 Å². The lowest BCUT2D eigenvalue weighted by molar-refractivity contribution is -0.111. The third-order valence-corrected chi connectivity index (χ3v) is 3.21. The van der Waals surface area contributed by atoms with Crippen molar-refractivity contribution >= 4 is 38.4 Å². The Labute approximate surface area is 123 Å². The van der Waals surface area contributed by atoms with Gasteiger partial charge in [-0.05, 0) is 25.1 Å². The second kappa shape index (κ2) is 6.00. The van der Waals surface area contributed by atoms with E-state index in [0.717, 1.165) is 9.86 Å². The average Bonchev–Trinajstić information content (AvgIpc) is 2.39. The molecule has 0 N–H and O–H groups in total. The van der Waals surface area contributed by atoms with E-state index in [4.69, 9.17) is 9.25 Å². The summed E-state index contributed by atoms with van der Waals surface area (Å²) in [6.07, 6.45) is 0. The highest BCUT2D eigenvalue weighted by atomic mass is 79.9. The summed E-state index contributed by atoms with van der Waals surface area (Å²) < 4.78 is 5.97. The van der Waals surface area contributed by atoms with E-state index >= 15 is 0 Å². The minimum Gasteiger partial charge on any atom is -0.423 e. The lowest BCUT2D eigenvalue weighted by Gasteiger charge is -2.05. The zero-order chi connectivity index (χ0) is 14.7. The number of nitrogens with zero attached hydrogens (tertiary/aromatic N) is 1. The molecule has 0 radical (unpaired) electrons. The maximum Gasteiger partial charge on any atom is 0.336 e. The minimum absolute atomic E-state index is 0.0865. The van der Waals surface area contributed by atoms with Crippen molar-refractivity contribution in [1.29, 1.82) is 0 Å². The van der Waals surface area contributed by atoms with Crippen molar-refractivity contribution in [2.24, 2.45) is 5.16 Å². The SMILES string of the molecule is CC(=O)/C(C)=N/OCc1cc(=O)oc2ccc(Br)cc12. The van der Waals surface area contributed by atoms with E-state index in [9.17, 15) is 9.59 Å². The molecular formula is C14H12BrNO4. The Bertz CT molecular complexity index is 748. The Morgan fingerprint density at radius 1 is 1.35 bits per heavy atom. The number of oxime groups is 1. The second-order valence-corrected chi connectivity index (χ2v) is 5.15. The van der Waals surface area contributed by atoms with Crippen molar-refractivity contribution < 1.29 is 14.0 Å². The van der Waals surface area contributed by atoms with Crippen molar-refractivity contribution in [2.75, 3.05) is 0 Å². The largest absolute Gasteiger partial charge is 0.423 e. The number of fused-ring (bicyclic) bond motifs is 1. The Balaban J connectivity index is 2.34. The molecule has 6 heteroatoms. The number of hydrogen-bond acceptors (Lipinski definition) is 5. The number of rotatable bonds is 4. The molecule has 0 aliphatic carbocycles. The van der Waals surface area contributed by atoms with Gasteiger partial charge in [0.2, 0.25) is 0 Å². The van der Waals surface area contributed by atoms with Gasteiger partial charge in [-0.3, -0.25) is 4.79 Å². The summed E-state index contributed by atoms with van der Waals surface area (Å²) in [6, 6.07) is 6.67. The first kappa shape index (κ1) is 14.5. The molecule has 0 aliphatic heterocycles. The number of hydrogen-bond donors (Lipinski definition) is 0. The highest BCUT2D eigenvalue weighted by Gasteiger charge is 2.07. The van der Waals surface area contributed by atoms with Gasteiger partial charge in [0.15, 0.2) is 5.78 Å². The van der Waals surface area contributed by atoms with E-state index < -0.39 is 5.63 Å². The van der Waals surface area contributed by atoms with Crippen LogP contribution in [0.15, 0.2) is 43.1 Å². The fourth-order valence-electron chi connectivity index (χ4n) is 1.58. The molecule has 0 fully saturated rings. The molecule has 20 heavy (non-hydrogen) atoms. The van der Waals surface area contributed by atoms with Gasteiger partial charge >= 0.3 is 5.63 Å². The van der Waals surface area contributed by atoms with E-state index in [-0.39, 0.29) is 18.1 Å². The molecule has 0 saturated heterocycles. The van der Waals surface area contributed by atoms with Crippen LogP contribution in [-0.4, -0.2) is 11.5 Å². The van der Waals surface area contributed by atoms with Gasteiger partial charge in [0.25, 0.3) is 0 Å². The van der Waals surface area contributed by atoms with Crippen LogP contribution in [-0.2, 0) is 16.2 Å². The zero-order valence-electron chi connectivity index (χ0n) is 11.0. The predicted molar refractivity (Wildman–Crippen MR) is 78.8 cm³/mol. The molecule has 2 aromatic rings. The van der Waals surface area contributed by atoms with Crippen LogP contribution >= 0.6 is 15.9 Å². The van der Waals surface area contributed by atoms with Crippen molar-refractivity contribution in [1.82, 2.24) is 0 Å². The summed E-state index contributed by atoms with van der Waals surface area (Å²) in [4.78, 5) is 27.6. The second-order valence-electron chi connectivity index (χ2n) is 4.24. The van der Waals surface area contributed by atoms with Gasteiger partial charge in [-0.1, -0.05) is 21.1 Å². The normalized spacial score (nSPS) is 11.7. The van der Waals surface area contributed by atoms with Crippen molar-refractivity contribution in [3.8, 4) is 0 Å². The van der Waals surface area contributed by atoms with E-state index in [1.807, 2.05) is 6.07 Å². The van der Waals surface area contributed by atoms with Crippen LogP contribution in [0.1, 0.15) is 19.4 Å². The molecule has 1 aromatic heterocycles. The molecule has 2 rings (SSSR count). The fraction of sp³-hybridized carbons (Fsp3) is 0.214. The van der Waals surface area contributed by atoms with Crippen LogP contribution < -0.4 is 5.63 Å². The minimum atomic E-state index is -0.453. The average molecular weight is 338 g/mol. The number of carbonyl (C=O) groups excluding carboxylic acids is 1. The van der Waals surface area contributed by atoms with Crippen LogP contribution in [0, 0.1) is 0 Å². The molecule has 0 spiro atoms. The predicted octanol–water partition coefficient (Wildman–Crippen LogP) is 3.04. The number of Topliss-reactive ketones (excluding diaryl/α,β-unsaturated/α-hetero) is 1. The van der Waals surface area contributed by atoms with Crippen LogP contribution in [0.2, 0.25) is 0 Å². The number of ketones is 1. The summed E-state index contributed by atoms with van der Waals surface area (Å²) in [5.74, 6) is -0.162. The topological polar surface area (TPSA) is 68.9 Å². The van der Waals surface area contributed by atoms with E-state index in [1.165, 1.54) is 13.0 Å². The maximum absolute atomic E-state index is 11.5. The van der Waals surface area contributed by atoms with Crippen LogP contribution in [0.25, 0.3) is 11.0 Å². The molecular weight excluding hydrogens is 326 g/mol. The van der Waals surface area contributed by atoms with Crippen molar-refractivity contribution in [2.45, 2.75) is 20.5 Å². The molecule has 5 nitrogen and oxygen atoms in total. The number of carbonyl (C=O) groups is 1. The lowest BCUT2D eigenvalue weighted by atomic mass is 10.1. The first-order valence-electron chi connectivity index (χ1n) is 5.87. The van der Waals surface area contributed by atoms with E-state index in [0.29, 0.717) is 11.1 Å². The molecule has 104 valence electrons. The van der Waals surface area contributed by atoms with Crippen LogP contribution in [0.4, 0.5) is 0 Å². The van der Waals surface area contributed by atoms with Gasteiger partial charge in [0.1, 0.15) is 17.9 Å². The Hall–Kier alpha value is -1.95. The Kier molecular flexibility index (Phi) is 4.34. The molecule has 0 bridgehead atoms. The molecule has 0 amide bonds. The third kappa shape index (κ3) is 3.33. The highest BCUT2D eigenvalue weighted by Crippen LogP contribution is 2.22. The molecule has 1 aromatic carbocycles. The summed E-state index contributed by atoms with van der Waals surface area (Å²) in [5, 5.41) is 4.46. The van der Waals surface area contributed by atoms with E-state index in [1.54, 1.807) is 19.1 Å². The monoisotopic (exact) mass is 337 g/mol. The Morgan fingerprint density at radius 3 is 2.80 bits per heavy atom. The number of halogens is 1. The van der Waals surface area contributed by atoms with Gasteiger partial charge in [0, 0.05) is 28.4 Å². The Morgan fingerprint density at radius 2 is 2.10 bits per heavy atom. The summed E-state index contributed by atoms with van der Waals surface area (Å²) in [6.45, 7) is 3.06. The first-order chi connectivity index (χ1) is 9.47. The molecule has 0 unspecified atom stereocenters. The standard InChI is InChI=1S/C14H12BrNO4/c1-8(9(2)17)16-19-7-10-5-14(18)20-13-4-3-11(15)6-12(10)13/h3-6H,7H2,1-2H3/b16-8+. The highest BCUT2D eigenvalue weighted by molar-refractivity contribution is 9.10. The quantitative estimate of drug-likeness (QED) is 0.488. The zero-order valence-corrected chi connectivity index (χ0v) is 12.6. The van der Waals surface area contributed by atoms with Crippen molar-refractivity contribution in [3.05, 3.63) is 44.7 Å². The molecule has 0 atom stereocenters. The van der Waals surface area contributed by atoms with E-state index in [2.05, 4.69) is 21.1 Å². The maximum atomic E-state index is 11.5. The van der Waals surface area contributed by atoms with Gasteiger partial charge in [-0.2, -0.15) is 0 Å². The summed E-state index contributed by atoms with van der Waals surface area (Å²) >= 11 is 3.36. The van der Waals surface area contributed by atoms with Crippen molar-refractivity contribution in [3.63, 3.8) is 0 Å². The smallest absolute Gasteiger partial charge is 0.336 e. The molecule has 0 aliphatic rings. The van der Waals surface area contributed by atoms with Crippen LogP contribution in [0.5, 0.6) is 0 Å². The van der Waals surface area contributed by atoms with Crippen LogP contribution in [0.3, 0.4) is 0 Å². The third-order valence-electron chi connectivity index (χ3n) is 2.72. The summed E-state index contributed by atoms with van der Waals surface area (Å²) in [5.41, 5.74) is 0.952. The fourth-order valence-corrected chi connectivity index (χ4v) is 1.94. The van der Waals surface area contributed by atoms with Gasteiger partial charge < -0.3 is 9.25 Å².